The van der Waals surface area contributed by atoms with E-state index in [4.69, 9.17) is 0 Å². The quantitative estimate of drug-likeness (QED) is 0.470. The Bertz CT molecular complexity index is 1500. The number of nitrogens with one attached hydrogen (secondary N) is 3. The summed E-state index contributed by atoms with van der Waals surface area (Å²) in [5, 5.41) is 19.7. The Morgan fingerprint density at radius 2 is 1.82 bits per heavy atom. The molecular weight excluding hydrogens is 518 g/mol. The van der Waals surface area contributed by atoms with E-state index in [9.17, 15) is 28.3 Å². The molecule has 1 aliphatic carbocycles. The molecule has 0 radical (unpaired) electrons. The van der Waals surface area contributed by atoms with Crippen LogP contribution in [0.25, 0.3) is 0 Å². The number of hydrogen-bond donors (Lipinski definition) is 4. The summed E-state index contributed by atoms with van der Waals surface area (Å²) in [5.41, 5.74) is 1.74. The Morgan fingerprint density at radius 1 is 1.10 bits per heavy atom. The predicted octanol–water partition coefficient (Wildman–Crippen LogP) is 2.85. The molecule has 6 rings (SSSR count). The Labute approximate surface area is 230 Å². The lowest BCUT2D eigenvalue weighted by Crippen LogP contribution is -2.56. The lowest BCUT2D eigenvalue weighted by Gasteiger charge is -2.45. The normalized spacial score (nSPS) is 26.5. The summed E-state index contributed by atoms with van der Waals surface area (Å²) in [6.07, 6.45) is 4.00. The number of benzene rings is 2. The van der Waals surface area contributed by atoms with Crippen LogP contribution in [0.4, 0.5) is 14.5 Å². The van der Waals surface area contributed by atoms with Crippen LogP contribution < -0.4 is 16.0 Å². The van der Waals surface area contributed by atoms with Gasteiger partial charge in [-0.1, -0.05) is 18.2 Å². The van der Waals surface area contributed by atoms with Gasteiger partial charge in [-0.05, 0) is 74.1 Å². The third kappa shape index (κ3) is 4.18. The van der Waals surface area contributed by atoms with E-state index in [-0.39, 0.29) is 24.4 Å². The van der Waals surface area contributed by atoms with Crippen LogP contribution in [0.3, 0.4) is 0 Å². The average molecular weight is 549 g/mol. The Balaban J connectivity index is 1.22. The van der Waals surface area contributed by atoms with E-state index in [1.165, 1.54) is 4.90 Å². The highest BCUT2D eigenvalue weighted by molar-refractivity contribution is 5.97. The van der Waals surface area contributed by atoms with E-state index in [0.717, 1.165) is 40.7 Å². The maximum Gasteiger partial charge on any atom is 0.244 e. The zero-order valence-electron chi connectivity index (χ0n) is 22.2. The molecule has 4 N–H and O–H groups in total. The number of rotatable bonds is 4. The molecule has 10 heteroatoms. The van der Waals surface area contributed by atoms with Crippen LogP contribution in [-0.4, -0.2) is 46.9 Å². The standard InChI is InChI=1S/C30H30F2N4O4/c1-29(2)24(37)12-23(17-8-19(31)11-20(32)9-17)36(28(29)40)15-25(38)34-21-6-5-16-13-30(14-18(16)10-21)22-4-3-7-33-26(22)35-27(30)39/h3-6,8-11,23-24,33,37H,7,12-15H2,1-2H3,(H,34,38)(H,35,39). The van der Waals surface area contributed by atoms with Crippen LogP contribution in [-0.2, 0) is 27.2 Å². The number of nitrogens with zero attached hydrogens (tertiary/aromatic N) is 1. The Morgan fingerprint density at radius 3 is 2.58 bits per heavy atom. The molecule has 1 saturated heterocycles. The van der Waals surface area contributed by atoms with E-state index in [2.05, 4.69) is 16.0 Å². The smallest absolute Gasteiger partial charge is 0.244 e. The lowest BCUT2D eigenvalue weighted by molar-refractivity contribution is -0.160. The second kappa shape index (κ2) is 9.26. The van der Waals surface area contributed by atoms with Gasteiger partial charge < -0.3 is 26.0 Å². The predicted molar refractivity (Wildman–Crippen MR) is 142 cm³/mol. The van der Waals surface area contributed by atoms with Gasteiger partial charge in [-0.25, -0.2) is 8.78 Å². The molecule has 1 spiro atoms. The van der Waals surface area contributed by atoms with Crippen molar-refractivity contribution in [2.24, 2.45) is 10.8 Å². The van der Waals surface area contributed by atoms with Crippen molar-refractivity contribution in [1.82, 2.24) is 15.5 Å². The average Bonchev–Trinajstić information content (AvgIpc) is 3.41. The molecule has 3 atom stereocenters. The van der Waals surface area contributed by atoms with Crippen LogP contribution in [0.1, 0.15) is 43.0 Å². The zero-order chi connectivity index (χ0) is 28.4. The maximum atomic E-state index is 14.0. The van der Waals surface area contributed by atoms with Gasteiger partial charge in [-0.2, -0.15) is 0 Å². The highest BCUT2D eigenvalue weighted by Gasteiger charge is 2.52. The van der Waals surface area contributed by atoms with Crippen molar-refractivity contribution in [2.75, 3.05) is 18.4 Å². The van der Waals surface area contributed by atoms with Crippen molar-refractivity contribution in [3.8, 4) is 0 Å². The van der Waals surface area contributed by atoms with Crippen molar-refractivity contribution >= 4 is 23.4 Å². The third-order valence-corrected chi connectivity index (χ3v) is 8.67. The van der Waals surface area contributed by atoms with Gasteiger partial charge >= 0.3 is 0 Å². The summed E-state index contributed by atoms with van der Waals surface area (Å²) in [4.78, 5) is 40.9. The number of likely N-dealkylation sites (tertiary alicyclic amines) is 1. The van der Waals surface area contributed by atoms with Crippen molar-refractivity contribution in [3.05, 3.63) is 88.3 Å². The number of fused-ring (bicyclic) bond motifs is 2. The van der Waals surface area contributed by atoms with Crippen LogP contribution in [0, 0.1) is 22.5 Å². The van der Waals surface area contributed by atoms with Gasteiger partial charge in [0.2, 0.25) is 17.7 Å². The number of halogens is 2. The molecule has 1 fully saturated rings. The van der Waals surface area contributed by atoms with Gasteiger partial charge in [-0.3, -0.25) is 14.4 Å². The monoisotopic (exact) mass is 548 g/mol. The first-order chi connectivity index (χ1) is 19.0. The number of hydrogen-bond acceptors (Lipinski definition) is 5. The first-order valence-corrected chi connectivity index (χ1v) is 13.3. The molecule has 8 nitrogen and oxygen atoms in total. The third-order valence-electron chi connectivity index (χ3n) is 8.67. The molecule has 0 saturated carbocycles. The molecule has 2 aromatic carbocycles. The van der Waals surface area contributed by atoms with Crippen molar-refractivity contribution in [2.45, 2.75) is 45.3 Å². The molecule has 3 unspecified atom stereocenters. The van der Waals surface area contributed by atoms with E-state index in [0.29, 0.717) is 25.1 Å². The Hall–Kier alpha value is -4.05. The number of amides is 3. The summed E-state index contributed by atoms with van der Waals surface area (Å²) >= 11 is 0. The van der Waals surface area contributed by atoms with Crippen LogP contribution >= 0.6 is 0 Å². The zero-order valence-corrected chi connectivity index (χ0v) is 22.2. The molecule has 0 aromatic heterocycles. The first kappa shape index (κ1) is 26.2. The van der Waals surface area contributed by atoms with Gasteiger partial charge in [0.1, 0.15) is 24.0 Å². The molecule has 208 valence electrons. The summed E-state index contributed by atoms with van der Waals surface area (Å²) in [6.45, 7) is 3.46. The lowest BCUT2D eigenvalue weighted by atomic mass is 9.76. The van der Waals surface area contributed by atoms with Gasteiger partial charge in [0.25, 0.3) is 0 Å². The molecule has 0 bridgehead atoms. The fourth-order valence-electron chi connectivity index (χ4n) is 6.39. The van der Waals surface area contributed by atoms with Crippen molar-refractivity contribution in [3.63, 3.8) is 0 Å². The number of carbonyl (C=O) groups is 3. The highest BCUT2D eigenvalue weighted by Crippen LogP contribution is 2.48. The van der Waals surface area contributed by atoms with Crippen LogP contribution in [0.2, 0.25) is 0 Å². The van der Waals surface area contributed by atoms with E-state index < -0.39 is 46.4 Å². The minimum atomic E-state index is -1.18. The first-order valence-electron chi connectivity index (χ1n) is 13.3. The van der Waals surface area contributed by atoms with Gasteiger partial charge in [0.05, 0.1) is 23.0 Å². The van der Waals surface area contributed by atoms with Crippen LogP contribution in [0.15, 0.2) is 59.9 Å². The highest BCUT2D eigenvalue weighted by atomic mass is 19.1. The topological polar surface area (TPSA) is 111 Å². The number of carbonyl (C=O) groups excluding carboxylic acids is 3. The van der Waals surface area contributed by atoms with E-state index >= 15 is 0 Å². The minimum Gasteiger partial charge on any atom is -0.392 e. The summed E-state index contributed by atoms with van der Waals surface area (Å²) in [5.74, 6) is -1.89. The number of piperidine rings is 1. The van der Waals surface area contributed by atoms with E-state index in [1.54, 1.807) is 19.9 Å². The molecule has 3 aliphatic heterocycles. The second-order valence-corrected chi connectivity index (χ2v) is 11.6. The van der Waals surface area contributed by atoms with Gasteiger partial charge in [-0.15, -0.1) is 0 Å². The number of dihydropyridines is 1. The number of anilines is 1. The number of allylic oxidation sites excluding steroid dienone is 1. The summed E-state index contributed by atoms with van der Waals surface area (Å²) in [7, 11) is 0. The number of aliphatic hydroxyl groups is 1. The van der Waals surface area contributed by atoms with Gasteiger partial charge in [0, 0.05) is 23.9 Å². The van der Waals surface area contributed by atoms with Crippen LogP contribution in [0.5, 0.6) is 0 Å². The minimum absolute atomic E-state index is 0.0268. The largest absolute Gasteiger partial charge is 0.392 e. The molecular formula is C30H30F2N4O4. The maximum absolute atomic E-state index is 14.0. The second-order valence-electron chi connectivity index (χ2n) is 11.6. The fraction of sp³-hybridized carbons (Fsp3) is 0.367. The summed E-state index contributed by atoms with van der Waals surface area (Å²) in [6, 6.07) is 7.59. The summed E-state index contributed by atoms with van der Waals surface area (Å²) < 4.78 is 28.0. The molecule has 4 aliphatic rings. The molecule has 3 heterocycles. The molecule has 40 heavy (non-hydrogen) atoms. The van der Waals surface area contributed by atoms with Crippen molar-refractivity contribution in [1.29, 1.82) is 0 Å². The molecule has 3 amide bonds. The van der Waals surface area contributed by atoms with Gasteiger partial charge in [0.15, 0.2) is 0 Å². The van der Waals surface area contributed by atoms with Crippen molar-refractivity contribution < 1.29 is 28.3 Å². The van der Waals surface area contributed by atoms with E-state index in [1.807, 2.05) is 24.3 Å². The Kier molecular flexibility index (Phi) is 6.06. The number of aliphatic hydroxyl groups excluding tert-OH is 1. The SMILES string of the molecule is CC1(C)C(=O)N(CC(=O)Nc2ccc3c(c2)CC2(C3)C(=O)NC3=C2C=CCN3)C(c2cc(F)cc(F)c2)CC1O. The molecule has 2 aromatic rings. The fourth-order valence-corrected chi connectivity index (χ4v) is 6.39.